The largest absolute Gasteiger partial charge is 0.378 e. The van der Waals surface area contributed by atoms with Crippen molar-refractivity contribution in [3.8, 4) is 0 Å². The summed E-state index contributed by atoms with van der Waals surface area (Å²) in [6.45, 7) is 2.14. The third kappa shape index (κ3) is 2.42. The molecule has 0 aliphatic carbocycles. The zero-order valence-electron chi connectivity index (χ0n) is 12.3. The summed E-state index contributed by atoms with van der Waals surface area (Å²) in [5, 5.41) is 1.33. The highest BCUT2D eigenvalue weighted by atomic mass is 15.1. The molecule has 2 aromatic carbocycles. The molecular formula is C18H20N2. The second-order valence-electron chi connectivity index (χ2n) is 5.60. The maximum absolute atomic E-state index is 3.36. The summed E-state index contributed by atoms with van der Waals surface area (Å²) >= 11 is 0. The molecule has 0 aliphatic rings. The van der Waals surface area contributed by atoms with Crippen molar-refractivity contribution in [3.05, 3.63) is 65.4 Å². The standard InChI is InChI=1S/C18H20N2/c1-13-4-9-18-17(10-13)15(12-19-18)11-14-5-7-16(8-6-14)20(2)3/h4-10,12,19H,11H2,1-3H3. The van der Waals surface area contributed by atoms with Gasteiger partial charge >= 0.3 is 0 Å². The fraction of sp³-hybridized carbons (Fsp3) is 0.222. The predicted octanol–water partition coefficient (Wildman–Crippen LogP) is 4.13. The molecule has 1 heterocycles. The summed E-state index contributed by atoms with van der Waals surface area (Å²) in [5.41, 5.74) is 6.47. The van der Waals surface area contributed by atoms with E-state index in [9.17, 15) is 0 Å². The summed E-state index contributed by atoms with van der Waals surface area (Å²) in [6, 6.07) is 15.3. The minimum Gasteiger partial charge on any atom is -0.378 e. The molecule has 0 bridgehead atoms. The number of hydrogen-bond acceptors (Lipinski definition) is 1. The Kier molecular flexibility index (Phi) is 3.23. The first kappa shape index (κ1) is 12.8. The predicted molar refractivity (Wildman–Crippen MR) is 86.6 cm³/mol. The second kappa shape index (κ2) is 5.04. The molecule has 0 radical (unpaired) electrons. The quantitative estimate of drug-likeness (QED) is 0.753. The van der Waals surface area contributed by atoms with E-state index < -0.39 is 0 Å². The first-order valence-corrected chi connectivity index (χ1v) is 6.96. The van der Waals surface area contributed by atoms with Gasteiger partial charge in [0.25, 0.3) is 0 Å². The number of H-pyrrole nitrogens is 1. The van der Waals surface area contributed by atoms with E-state index in [-0.39, 0.29) is 0 Å². The van der Waals surface area contributed by atoms with E-state index in [4.69, 9.17) is 0 Å². The highest BCUT2D eigenvalue weighted by Crippen LogP contribution is 2.23. The van der Waals surface area contributed by atoms with Crippen LogP contribution in [0.1, 0.15) is 16.7 Å². The van der Waals surface area contributed by atoms with E-state index in [1.165, 1.54) is 33.3 Å². The smallest absolute Gasteiger partial charge is 0.0457 e. The molecule has 3 aromatic rings. The number of rotatable bonds is 3. The van der Waals surface area contributed by atoms with Gasteiger partial charge in [-0.15, -0.1) is 0 Å². The van der Waals surface area contributed by atoms with Crippen molar-refractivity contribution in [1.82, 2.24) is 4.98 Å². The van der Waals surface area contributed by atoms with Gasteiger partial charge in [-0.05, 0) is 48.7 Å². The molecule has 0 unspecified atom stereocenters. The fourth-order valence-corrected chi connectivity index (χ4v) is 2.57. The zero-order valence-corrected chi connectivity index (χ0v) is 12.3. The lowest BCUT2D eigenvalue weighted by Gasteiger charge is -2.12. The number of aromatic nitrogens is 1. The summed E-state index contributed by atoms with van der Waals surface area (Å²) in [6.07, 6.45) is 3.10. The number of nitrogens with zero attached hydrogens (tertiary/aromatic N) is 1. The molecular weight excluding hydrogens is 244 g/mol. The topological polar surface area (TPSA) is 19.0 Å². The Morgan fingerprint density at radius 3 is 2.45 bits per heavy atom. The van der Waals surface area contributed by atoms with Gasteiger partial charge in [0, 0.05) is 36.9 Å². The van der Waals surface area contributed by atoms with Crippen LogP contribution in [0.15, 0.2) is 48.7 Å². The van der Waals surface area contributed by atoms with Crippen LogP contribution in [0.4, 0.5) is 5.69 Å². The number of fused-ring (bicyclic) bond motifs is 1. The molecule has 0 fully saturated rings. The maximum Gasteiger partial charge on any atom is 0.0457 e. The molecule has 2 heteroatoms. The highest BCUT2D eigenvalue weighted by molar-refractivity contribution is 5.84. The molecule has 102 valence electrons. The van der Waals surface area contributed by atoms with Crippen LogP contribution in [0.3, 0.4) is 0 Å². The molecule has 0 aliphatic heterocycles. The van der Waals surface area contributed by atoms with Gasteiger partial charge in [0.1, 0.15) is 0 Å². The second-order valence-corrected chi connectivity index (χ2v) is 5.60. The van der Waals surface area contributed by atoms with Crippen LogP contribution < -0.4 is 4.90 Å². The van der Waals surface area contributed by atoms with Crippen molar-refractivity contribution >= 4 is 16.6 Å². The molecule has 1 N–H and O–H groups in total. The fourth-order valence-electron chi connectivity index (χ4n) is 2.57. The molecule has 20 heavy (non-hydrogen) atoms. The summed E-state index contributed by atoms with van der Waals surface area (Å²) in [5.74, 6) is 0. The van der Waals surface area contributed by atoms with Crippen molar-refractivity contribution in [2.45, 2.75) is 13.3 Å². The van der Waals surface area contributed by atoms with E-state index in [1.807, 2.05) is 0 Å². The number of benzene rings is 2. The van der Waals surface area contributed by atoms with Crippen molar-refractivity contribution in [2.24, 2.45) is 0 Å². The highest BCUT2D eigenvalue weighted by Gasteiger charge is 2.05. The van der Waals surface area contributed by atoms with Crippen LogP contribution in [0.5, 0.6) is 0 Å². The summed E-state index contributed by atoms with van der Waals surface area (Å²) in [7, 11) is 4.13. The Balaban J connectivity index is 1.91. The summed E-state index contributed by atoms with van der Waals surface area (Å²) in [4.78, 5) is 5.48. The minimum atomic E-state index is 0.969. The number of anilines is 1. The zero-order chi connectivity index (χ0) is 14.1. The third-order valence-electron chi connectivity index (χ3n) is 3.77. The first-order valence-electron chi connectivity index (χ1n) is 6.96. The van der Waals surface area contributed by atoms with Crippen LogP contribution in [0, 0.1) is 6.92 Å². The first-order chi connectivity index (χ1) is 9.63. The van der Waals surface area contributed by atoms with Crippen LogP contribution in [-0.2, 0) is 6.42 Å². The summed E-state index contributed by atoms with van der Waals surface area (Å²) < 4.78 is 0. The van der Waals surface area contributed by atoms with Crippen molar-refractivity contribution in [2.75, 3.05) is 19.0 Å². The SMILES string of the molecule is Cc1ccc2[nH]cc(Cc3ccc(N(C)C)cc3)c2c1. The molecule has 0 atom stereocenters. The monoisotopic (exact) mass is 264 g/mol. The molecule has 1 aromatic heterocycles. The minimum absolute atomic E-state index is 0.969. The molecule has 0 saturated heterocycles. The molecule has 3 rings (SSSR count). The van der Waals surface area contributed by atoms with Crippen molar-refractivity contribution < 1.29 is 0 Å². The van der Waals surface area contributed by atoms with Gasteiger partial charge in [-0.3, -0.25) is 0 Å². The Bertz CT molecular complexity index is 721. The van der Waals surface area contributed by atoms with Crippen LogP contribution in [-0.4, -0.2) is 19.1 Å². The van der Waals surface area contributed by atoms with Gasteiger partial charge in [0.15, 0.2) is 0 Å². The van der Waals surface area contributed by atoms with Gasteiger partial charge in [-0.25, -0.2) is 0 Å². The van der Waals surface area contributed by atoms with E-state index in [0.717, 1.165) is 6.42 Å². The normalized spacial score (nSPS) is 10.9. The lowest BCUT2D eigenvalue weighted by atomic mass is 10.0. The molecule has 0 spiro atoms. The van der Waals surface area contributed by atoms with Gasteiger partial charge in [0.05, 0.1) is 0 Å². The van der Waals surface area contributed by atoms with Crippen LogP contribution in [0.25, 0.3) is 10.9 Å². The van der Waals surface area contributed by atoms with Gasteiger partial charge in [-0.2, -0.15) is 0 Å². The van der Waals surface area contributed by atoms with E-state index >= 15 is 0 Å². The number of aromatic amines is 1. The Morgan fingerprint density at radius 2 is 1.75 bits per heavy atom. The number of hydrogen-bond donors (Lipinski definition) is 1. The van der Waals surface area contributed by atoms with E-state index in [0.29, 0.717) is 0 Å². The number of aryl methyl sites for hydroxylation is 1. The molecule has 0 amide bonds. The number of nitrogens with one attached hydrogen (secondary N) is 1. The van der Waals surface area contributed by atoms with E-state index in [1.54, 1.807) is 0 Å². The Morgan fingerprint density at radius 1 is 1.00 bits per heavy atom. The molecule has 0 saturated carbocycles. The van der Waals surface area contributed by atoms with Crippen LogP contribution in [0.2, 0.25) is 0 Å². The third-order valence-corrected chi connectivity index (χ3v) is 3.77. The van der Waals surface area contributed by atoms with Gasteiger partial charge < -0.3 is 9.88 Å². The maximum atomic E-state index is 3.36. The van der Waals surface area contributed by atoms with E-state index in [2.05, 4.69) is 79.6 Å². The van der Waals surface area contributed by atoms with Crippen LogP contribution >= 0.6 is 0 Å². The molecule has 2 nitrogen and oxygen atoms in total. The van der Waals surface area contributed by atoms with Gasteiger partial charge in [0.2, 0.25) is 0 Å². The van der Waals surface area contributed by atoms with Gasteiger partial charge in [-0.1, -0.05) is 23.8 Å². The van der Waals surface area contributed by atoms with Crippen molar-refractivity contribution in [3.63, 3.8) is 0 Å². The Labute approximate surface area is 120 Å². The lowest BCUT2D eigenvalue weighted by Crippen LogP contribution is -2.08. The average molecular weight is 264 g/mol. The van der Waals surface area contributed by atoms with Crippen molar-refractivity contribution in [1.29, 1.82) is 0 Å². The average Bonchev–Trinajstić information content (AvgIpc) is 2.82. The Hall–Kier alpha value is -2.22. The lowest BCUT2D eigenvalue weighted by molar-refractivity contribution is 1.12.